The van der Waals surface area contributed by atoms with Crippen LogP contribution in [0.15, 0.2) is 36.5 Å². The molecular formula is C53H99NO5. The summed E-state index contributed by atoms with van der Waals surface area (Å²) in [7, 11) is 0. The number of ether oxygens (including phenoxy) is 1. The van der Waals surface area contributed by atoms with Gasteiger partial charge in [-0.2, -0.15) is 0 Å². The number of amides is 1. The van der Waals surface area contributed by atoms with Gasteiger partial charge in [-0.3, -0.25) is 9.59 Å². The van der Waals surface area contributed by atoms with Gasteiger partial charge in [-0.1, -0.05) is 224 Å². The van der Waals surface area contributed by atoms with E-state index in [0.29, 0.717) is 19.4 Å². The van der Waals surface area contributed by atoms with E-state index in [9.17, 15) is 19.8 Å². The number of aliphatic hydroxyl groups is 2. The Morgan fingerprint density at radius 2 is 0.847 bits per heavy atom. The predicted molar refractivity (Wildman–Crippen MR) is 255 cm³/mol. The first-order valence-electron chi connectivity index (χ1n) is 25.8. The monoisotopic (exact) mass is 830 g/mol. The molecule has 3 N–H and O–H groups in total. The lowest BCUT2D eigenvalue weighted by Crippen LogP contribution is -2.45. The van der Waals surface area contributed by atoms with Crippen molar-refractivity contribution >= 4 is 11.9 Å². The van der Waals surface area contributed by atoms with Crippen LogP contribution in [-0.2, 0) is 14.3 Å². The van der Waals surface area contributed by atoms with E-state index in [0.717, 1.165) is 70.6 Å². The van der Waals surface area contributed by atoms with Gasteiger partial charge >= 0.3 is 5.97 Å². The molecule has 0 aliphatic carbocycles. The lowest BCUT2D eigenvalue weighted by molar-refractivity contribution is -0.143. The van der Waals surface area contributed by atoms with Gasteiger partial charge in [0, 0.05) is 12.8 Å². The van der Waals surface area contributed by atoms with Crippen LogP contribution in [-0.4, -0.2) is 47.4 Å². The fourth-order valence-electron chi connectivity index (χ4n) is 7.66. The highest BCUT2D eigenvalue weighted by molar-refractivity contribution is 5.76. The highest BCUT2D eigenvalue weighted by atomic mass is 16.5. The van der Waals surface area contributed by atoms with E-state index < -0.39 is 12.1 Å². The van der Waals surface area contributed by atoms with Crippen molar-refractivity contribution in [3.63, 3.8) is 0 Å². The summed E-state index contributed by atoms with van der Waals surface area (Å²) in [5.41, 5.74) is 0. The first-order valence-corrected chi connectivity index (χ1v) is 25.8. The van der Waals surface area contributed by atoms with Crippen LogP contribution in [0.2, 0.25) is 0 Å². The fourth-order valence-corrected chi connectivity index (χ4v) is 7.66. The molecule has 0 fully saturated rings. The van der Waals surface area contributed by atoms with Gasteiger partial charge in [-0.05, 0) is 64.2 Å². The number of hydrogen-bond donors (Lipinski definition) is 3. The van der Waals surface area contributed by atoms with E-state index in [1.807, 2.05) is 6.08 Å². The molecule has 0 aliphatic rings. The summed E-state index contributed by atoms with van der Waals surface area (Å²) in [6.07, 6.45) is 58.5. The zero-order chi connectivity index (χ0) is 43.0. The SMILES string of the molecule is CCCCCC/C=C\C/C=C\CCCCCCCC(=O)OCCCCCCCCCCCCC(=O)NC(CO)C(O)/C=C/CCCCCCCCCCCCCCCC. The second kappa shape index (κ2) is 48.7. The second-order valence-corrected chi connectivity index (χ2v) is 17.5. The predicted octanol–water partition coefficient (Wildman–Crippen LogP) is 15.3. The molecule has 6 nitrogen and oxygen atoms in total. The Morgan fingerprint density at radius 1 is 0.475 bits per heavy atom. The quantitative estimate of drug-likeness (QED) is 0.0323. The Hall–Kier alpha value is -1.92. The topological polar surface area (TPSA) is 95.9 Å². The molecule has 0 aromatic heterocycles. The fraction of sp³-hybridized carbons (Fsp3) is 0.849. The molecule has 346 valence electrons. The number of aliphatic hydroxyl groups excluding tert-OH is 2. The average Bonchev–Trinajstić information content (AvgIpc) is 3.24. The van der Waals surface area contributed by atoms with Crippen molar-refractivity contribution < 1.29 is 24.5 Å². The maximum Gasteiger partial charge on any atom is 0.305 e. The van der Waals surface area contributed by atoms with E-state index in [1.54, 1.807) is 6.08 Å². The third-order valence-electron chi connectivity index (χ3n) is 11.7. The summed E-state index contributed by atoms with van der Waals surface area (Å²) >= 11 is 0. The Kier molecular flexibility index (Phi) is 47.2. The summed E-state index contributed by atoms with van der Waals surface area (Å²) in [5.74, 6) is -0.126. The van der Waals surface area contributed by atoms with Gasteiger partial charge in [-0.25, -0.2) is 0 Å². The van der Waals surface area contributed by atoms with Crippen molar-refractivity contribution in [2.24, 2.45) is 0 Å². The third kappa shape index (κ3) is 45.4. The van der Waals surface area contributed by atoms with E-state index in [4.69, 9.17) is 4.74 Å². The van der Waals surface area contributed by atoms with E-state index in [2.05, 4.69) is 43.5 Å². The number of nitrogens with one attached hydrogen (secondary N) is 1. The van der Waals surface area contributed by atoms with Crippen LogP contribution in [0.4, 0.5) is 0 Å². The maximum absolute atomic E-state index is 12.4. The molecule has 2 atom stereocenters. The van der Waals surface area contributed by atoms with E-state index >= 15 is 0 Å². The third-order valence-corrected chi connectivity index (χ3v) is 11.7. The molecule has 0 aliphatic heterocycles. The minimum absolute atomic E-state index is 0.0347. The lowest BCUT2D eigenvalue weighted by Gasteiger charge is -2.20. The van der Waals surface area contributed by atoms with Gasteiger partial charge in [0.25, 0.3) is 0 Å². The van der Waals surface area contributed by atoms with Crippen molar-refractivity contribution in [2.45, 2.75) is 276 Å². The number of hydrogen-bond acceptors (Lipinski definition) is 5. The molecule has 0 rings (SSSR count). The first kappa shape index (κ1) is 57.1. The number of rotatable bonds is 47. The van der Waals surface area contributed by atoms with Crippen LogP contribution in [0, 0.1) is 0 Å². The molecule has 0 aromatic rings. The number of esters is 1. The van der Waals surface area contributed by atoms with Crippen molar-refractivity contribution in [3.8, 4) is 0 Å². The van der Waals surface area contributed by atoms with Crippen LogP contribution < -0.4 is 5.32 Å². The molecule has 0 bridgehead atoms. The molecule has 1 amide bonds. The Bertz CT molecular complexity index is 962. The second-order valence-electron chi connectivity index (χ2n) is 17.5. The molecule has 0 saturated heterocycles. The largest absolute Gasteiger partial charge is 0.466 e. The van der Waals surface area contributed by atoms with Crippen LogP contribution in [0.1, 0.15) is 264 Å². The van der Waals surface area contributed by atoms with Crippen molar-refractivity contribution in [1.29, 1.82) is 0 Å². The zero-order valence-electron chi connectivity index (χ0n) is 39.2. The Labute approximate surface area is 366 Å². The first-order chi connectivity index (χ1) is 29.0. The molecule has 0 heterocycles. The standard InChI is InChI=1S/C53H99NO5/c1-3-5-7-9-11-13-15-17-19-21-23-25-29-33-37-41-45-51(56)50(49-55)54-52(57)46-42-38-34-30-27-28-32-36-40-44-48-59-53(58)47-43-39-35-31-26-24-22-20-18-16-14-12-10-8-6-4-2/h14,16,20,22,41,45,50-51,55-56H,3-13,15,17-19,21,23-40,42-44,46-49H2,1-2H3,(H,54,57)/b16-14-,22-20-,45-41+. The van der Waals surface area contributed by atoms with Crippen LogP contribution in [0.25, 0.3) is 0 Å². The van der Waals surface area contributed by atoms with Crippen molar-refractivity contribution in [2.75, 3.05) is 13.2 Å². The highest BCUT2D eigenvalue weighted by Gasteiger charge is 2.18. The van der Waals surface area contributed by atoms with Crippen LogP contribution >= 0.6 is 0 Å². The Balaban J connectivity index is 3.53. The Morgan fingerprint density at radius 3 is 1.31 bits per heavy atom. The normalized spacial score (nSPS) is 12.9. The zero-order valence-corrected chi connectivity index (χ0v) is 39.2. The summed E-state index contributed by atoms with van der Waals surface area (Å²) in [6.45, 7) is 4.82. The molecule has 2 unspecified atom stereocenters. The number of allylic oxidation sites excluding steroid dienone is 5. The average molecular weight is 830 g/mol. The van der Waals surface area contributed by atoms with Crippen molar-refractivity contribution in [3.05, 3.63) is 36.5 Å². The van der Waals surface area contributed by atoms with Gasteiger partial charge in [-0.15, -0.1) is 0 Å². The van der Waals surface area contributed by atoms with Gasteiger partial charge in [0.15, 0.2) is 0 Å². The van der Waals surface area contributed by atoms with E-state index in [-0.39, 0.29) is 18.5 Å². The van der Waals surface area contributed by atoms with E-state index in [1.165, 1.54) is 167 Å². The summed E-state index contributed by atoms with van der Waals surface area (Å²) < 4.78 is 5.45. The summed E-state index contributed by atoms with van der Waals surface area (Å²) in [6, 6.07) is -0.646. The molecule has 0 spiro atoms. The number of unbranched alkanes of at least 4 members (excludes halogenated alkanes) is 32. The summed E-state index contributed by atoms with van der Waals surface area (Å²) in [5, 5.41) is 23.1. The van der Waals surface area contributed by atoms with Gasteiger partial charge in [0.05, 0.1) is 25.4 Å². The van der Waals surface area contributed by atoms with Gasteiger partial charge in [0.1, 0.15) is 0 Å². The molecule has 59 heavy (non-hydrogen) atoms. The maximum atomic E-state index is 12.4. The van der Waals surface area contributed by atoms with Gasteiger partial charge in [0.2, 0.25) is 5.91 Å². The minimum atomic E-state index is -0.860. The number of carbonyl (C=O) groups is 2. The molecule has 6 heteroatoms. The molecule has 0 radical (unpaired) electrons. The van der Waals surface area contributed by atoms with Crippen LogP contribution in [0.5, 0.6) is 0 Å². The minimum Gasteiger partial charge on any atom is -0.466 e. The lowest BCUT2D eigenvalue weighted by atomic mass is 10.0. The van der Waals surface area contributed by atoms with Crippen molar-refractivity contribution in [1.82, 2.24) is 5.32 Å². The smallest absolute Gasteiger partial charge is 0.305 e. The molecule has 0 aromatic carbocycles. The van der Waals surface area contributed by atoms with Crippen LogP contribution in [0.3, 0.4) is 0 Å². The molecular weight excluding hydrogens is 731 g/mol. The summed E-state index contributed by atoms with van der Waals surface area (Å²) in [4.78, 5) is 24.5. The highest BCUT2D eigenvalue weighted by Crippen LogP contribution is 2.15. The molecule has 0 saturated carbocycles. The van der Waals surface area contributed by atoms with Gasteiger partial charge < -0.3 is 20.3 Å². The number of carbonyl (C=O) groups excluding carboxylic acids is 2.